The smallest absolute Gasteiger partial charge is 0.266 e. The number of hydrogen-bond acceptors (Lipinski definition) is 3. The highest BCUT2D eigenvalue weighted by Gasteiger charge is 2.35. The fourth-order valence-corrected chi connectivity index (χ4v) is 4.80. The fourth-order valence-electron chi connectivity index (χ4n) is 3.32. The first kappa shape index (κ1) is 20.9. The molecule has 1 aliphatic rings. The summed E-state index contributed by atoms with van der Waals surface area (Å²) in [6.45, 7) is 12.3. The molecule has 148 valence electrons. The molecule has 0 saturated carbocycles. The molecule has 0 atom stereocenters. The molecule has 0 unspecified atom stereocenters. The van der Waals surface area contributed by atoms with Gasteiger partial charge in [0.15, 0.2) is 5.17 Å². The lowest BCUT2D eigenvalue weighted by Gasteiger charge is -2.20. The van der Waals surface area contributed by atoms with Crippen LogP contribution in [0.3, 0.4) is 0 Å². The Bertz CT molecular complexity index is 955. The summed E-state index contributed by atoms with van der Waals surface area (Å²) < 4.78 is 3.27. The minimum absolute atomic E-state index is 0.0350. The van der Waals surface area contributed by atoms with E-state index in [0.29, 0.717) is 0 Å². The molecule has 1 fully saturated rings. The number of thioether (sulfide) groups is 1. The Morgan fingerprint density at radius 3 is 2.32 bits per heavy atom. The summed E-state index contributed by atoms with van der Waals surface area (Å²) >= 11 is 4.96. The molecule has 1 aliphatic heterocycles. The summed E-state index contributed by atoms with van der Waals surface area (Å²) in [5.74, 6) is 0.0350. The van der Waals surface area contributed by atoms with Crippen molar-refractivity contribution in [2.45, 2.75) is 53.6 Å². The number of amides is 1. The highest BCUT2D eigenvalue weighted by Crippen LogP contribution is 2.35. The number of rotatable bonds is 4. The number of carbonyl (C=O) groups excluding carboxylic acids is 1. The predicted octanol–water partition coefficient (Wildman–Crippen LogP) is 5.95. The predicted molar refractivity (Wildman–Crippen MR) is 123 cm³/mol. The third-order valence-corrected chi connectivity index (χ3v) is 6.09. The van der Waals surface area contributed by atoms with Gasteiger partial charge in [0, 0.05) is 33.6 Å². The van der Waals surface area contributed by atoms with Crippen molar-refractivity contribution >= 4 is 44.8 Å². The molecule has 28 heavy (non-hydrogen) atoms. The van der Waals surface area contributed by atoms with Crippen LogP contribution in [0.2, 0.25) is 0 Å². The second kappa shape index (κ2) is 8.29. The fraction of sp³-hybridized carbons (Fsp3) is 0.364. The van der Waals surface area contributed by atoms with Gasteiger partial charge in [-0.1, -0.05) is 15.9 Å². The van der Waals surface area contributed by atoms with Gasteiger partial charge < -0.3 is 4.57 Å². The topological polar surface area (TPSA) is 37.6 Å². The first-order chi connectivity index (χ1) is 13.2. The van der Waals surface area contributed by atoms with Gasteiger partial charge in [-0.3, -0.25) is 14.7 Å². The zero-order chi connectivity index (χ0) is 20.6. The molecule has 1 aromatic carbocycles. The van der Waals surface area contributed by atoms with E-state index in [-0.39, 0.29) is 18.0 Å². The molecule has 0 bridgehead atoms. The van der Waals surface area contributed by atoms with E-state index in [9.17, 15) is 4.79 Å². The van der Waals surface area contributed by atoms with Crippen LogP contribution in [0.5, 0.6) is 0 Å². The number of aryl methyl sites for hydroxylation is 1. The summed E-state index contributed by atoms with van der Waals surface area (Å²) in [5, 5.41) is 0.794. The highest BCUT2D eigenvalue weighted by molar-refractivity contribution is 9.10. The third kappa shape index (κ3) is 4.13. The molecular weight excluding hydrogens is 434 g/mol. The minimum atomic E-state index is 0.0350. The van der Waals surface area contributed by atoms with Crippen LogP contribution in [0.25, 0.3) is 11.8 Å². The Kier molecular flexibility index (Phi) is 6.20. The second-order valence-electron chi connectivity index (χ2n) is 7.52. The maximum Gasteiger partial charge on any atom is 0.266 e. The van der Waals surface area contributed by atoms with E-state index in [1.54, 1.807) is 4.90 Å². The number of nitrogens with zero attached hydrogens (tertiary/aromatic N) is 3. The molecule has 0 radical (unpaired) electrons. The van der Waals surface area contributed by atoms with Crippen LogP contribution < -0.4 is 0 Å². The Balaban J connectivity index is 2.01. The van der Waals surface area contributed by atoms with E-state index in [2.05, 4.69) is 57.5 Å². The highest BCUT2D eigenvalue weighted by atomic mass is 79.9. The van der Waals surface area contributed by atoms with Gasteiger partial charge in [-0.05, 0) is 95.3 Å². The normalized spacial score (nSPS) is 17.8. The largest absolute Gasteiger partial charge is 0.318 e. The molecule has 0 N–H and O–H groups in total. The molecule has 0 aliphatic carbocycles. The average molecular weight is 460 g/mol. The van der Waals surface area contributed by atoms with E-state index in [4.69, 9.17) is 0 Å². The van der Waals surface area contributed by atoms with E-state index >= 15 is 0 Å². The zero-order valence-corrected chi connectivity index (χ0v) is 19.6. The lowest BCUT2D eigenvalue weighted by Crippen LogP contribution is -2.35. The summed E-state index contributed by atoms with van der Waals surface area (Å²) in [7, 11) is 0. The van der Waals surface area contributed by atoms with Gasteiger partial charge in [-0.2, -0.15) is 0 Å². The molecule has 1 amide bonds. The van der Waals surface area contributed by atoms with Crippen LogP contribution >= 0.6 is 27.7 Å². The van der Waals surface area contributed by atoms with Crippen molar-refractivity contribution in [1.82, 2.24) is 9.47 Å². The monoisotopic (exact) mass is 459 g/mol. The number of benzene rings is 1. The molecule has 1 saturated heterocycles. The van der Waals surface area contributed by atoms with Gasteiger partial charge >= 0.3 is 0 Å². The minimum Gasteiger partial charge on any atom is -0.318 e. The standard InChI is InChI=1S/C22H26BrN3OS/c1-13(2)24-22-25(14(3)4)21(27)20(28-22)12-17-11-15(5)26(16(17)6)19-9-7-18(23)8-10-19/h7-14H,1-6H3/b20-12-,24-22?. The van der Waals surface area contributed by atoms with Crippen molar-refractivity contribution < 1.29 is 4.79 Å². The zero-order valence-electron chi connectivity index (χ0n) is 17.2. The summed E-state index contributed by atoms with van der Waals surface area (Å²) in [6, 6.07) is 10.6. The molecule has 6 heteroatoms. The summed E-state index contributed by atoms with van der Waals surface area (Å²) in [6.07, 6.45) is 2.00. The number of halogens is 1. The van der Waals surface area contributed by atoms with Crippen molar-refractivity contribution in [1.29, 1.82) is 0 Å². The first-order valence-electron chi connectivity index (χ1n) is 9.44. The molecule has 1 aromatic heterocycles. The van der Waals surface area contributed by atoms with Crippen molar-refractivity contribution in [3.63, 3.8) is 0 Å². The van der Waals surface area contributed by atoms with E-state index < -0.39 is 0 Å². The van der Waals surface area contributed by atoms with Crippen LogP contribution in [-0.4, -0.2) is 32.6 Å². The lowest BCUT2D eigenvalue weighted by molar-refractivity contribution is -0.123. The van der Waals surface area contributed by atoms with Gasteiger partial charge in [0.25, 0.3) is 5.91 Å². The lowest BCUT2D eigenvalue weighted by atomic mass is 10.2. The van der Waals surface area contributed by atoms with Crippen LogP contribution in [0, 0.1) is 13.8 Å². The summed E-state index contributed by atoms with van der Waals surface area (Å²) in [5.41, 5.74) is 4.43. The molecule has 2 aromatic rings. The number of aliphatic imine (C=N–C) groups is 1. The number of hydrogen-bond donors (Lipinski definition) is 0. The van der Waals surface area contributed by atoms with Crippen molar-refractivity contribution in [3.8, 4) is 5.69 Å². The molecular formula is C22H26BrN3OS. The molecule has 3 rings (SSSR count). The Hall–Kier alpha value is -1.79. The quantitative estimate of drug-likeness (QED) is 0.529. The number of carbonyl (C=O) groups is 1. The third-order valence-electron chi connectivity index (χ3n) is 4.56. The van der Waals surface area contributed by atoms with Gasteiger partial charge in [0.05, 0.1) is 4.91 Å². The van der Waals surface area contributed by atoms with E-state index in [1.807, 2.05) is 45.9 Å². The van der Waals surface area contributed by atoms with Crippen molar-refractivity contribution in [2.75, 3.05) is 0 Å². The van der Waals surface area contributed by atoms with Crippen molar-refractivity contribution in [3.05, 3.63) is 56.7 Å². The molecule has 0 spiro atoms. The maximum atomic E-state index is 13.0. The van der Waals surface area contributed by atoms with Crippen LogP contribution in [0.15, 0.2) is 44.7 Å². The van der Waals surface area contributed by atoms with Gasteiger partial charge in [-0.25, -0.2) is 0 Å². The van der Waals surface area contributed by atoms with E-state index in [1.165, 1.54) is 11.8 Å². The second-order valence-corrected chi connectivity index (χ2v) is 9.45. The van der Waals surface area contributed by atoms with Gasteiger partial charge in [0.1, 0.15) is 0 Å². The van der Waals surface area contributed by atoms with Crippen LogP contribution in [0.1, 0.15) is 44.6 Å². The van der Waals surface area contributed by atoms with E-state index in [0.717, 1.165) is 37.2 Å². The average Bonchev–Trinajstić information content (AvgIpc) is 3.05. The first-order valence-corrected chi connectivity index (χ1v) is 11.1. The summed E-state index contributed by atoms with van der Waals surface area (Å²) in [4.78, 5) is 20.2. The van der Waals surface area contributed by atoms with Crippen molar-refractivity contribution in [2.24, 2.45) is 4.99 Å². The Morgan fingerprint density at radius 2 is 1.75 bits per heavy atom. The van der Waals surface area contributed by atoms with Crippen LogP contribution in [0.4, 0.5) is 0 Å². The van der Waals surface area contributed by atoms with Gasteiger partial charge in [-0.15, -0.1) is 0 Å². The number of aromatic nitrogens is 1. The molecule has 2 heterocycles. The van der Waals surface area contributed by atoms with Gasteiger partial charge in [0.2, 0.25) is 0 Å². The Labute approximate surface area is 179 Å². The number of amidine groups is 1. The SMILES string of the molecule is Cc1cc(/C=C2\SC(=NC(C)C)N(C(C)C)C2=O)c(C)n1-c1ccc(Br)cc1. The Morgan fingerprint density at radius 1 is 1.11 bits per heavy atom. The molecule has 4 nitrogen and oxygen atoms in total. The van der Waals surface area contributed by atoms with Crippen LogP contribution in [-0.2, 0) is 4.79 Å². The maximum absolute atomic E-state index is 13.0.